The molecule has 1 aromatic rings. The van der Waals surface area contributed by atoms with E-state index >= 15 is 0 Å². The molecule has 3 rings (SSSR count). The van der Waals surface area contributed by atoms with Crippen LogP contribution in [0.3, 0.4) is 0 Å². The largest absolute Gasteiger partial charge is 0.383 e. The molecule has 2 N–H and O–H groups in total. The third kappa shape index (κ3) is 2.78. The standard InChI is InChI=1S/C14H20N2S/c1-2-13-14(17-8-7-16-13)10-12(1)9-11-3-5-15-6-4-11/h1-2,10-11,15-16H,3-9H2. The Balaban J connectivity index is 1.70. The maximum absolute atomic E-state index is 3.46. The summed E-state index contributed by atoms with van der Waals surface area (Å²) in [7, 11) is 0. The zero-order chi connectivity index (χ0) is 11.5. The van der Waals surface area contributed by atoms with Crippen LogP contribution in [-0.2, 0) is 6.42 Å². The molecule has 0 aromatic heterocycles. The first-order chi connectivity index (χ1) is 8.42. The number of fused-ring (bicyclic) bond motifs is 1. The Morgan fingerprint density at radius 2 is 2.06 bits per heavy atom. The summed E-state index contributed by atoms with van der Waals surface area (Å²) in [5.74, 6) is 2.08. The Kier molecular flexibility index (Phi) is 3.57. The molecule has 0 unspecified atom stereocenters. The molecular weight excluding hydrogens is 228 g/mol. The molecule has 2 heterocycles. The molecule has 0 saturated carbocycles. The molecule has 17 heavy (non-hydrogen) atoms. The van der Waals surface area contributed by atoms with Crippen LogP contribution in [0.1, 0.15) is 18.4 Å². The first-order valence-corrected chi connectivity index (χ1v) is 7.61. The molecule has 1 aromatic carbocycles. The minimum atomic E-state index is 0.885. The number of hydrogen-bond donors (Lipinski definition) is 2. The van der Waals surface area contributed by atoms with Crippen LogP contribution < -0.4 is 10.6 Å². The molecule has 3 heteroatoms. The summed E-state index contributed by atoms with van der Waals surface area (Å²) in [6.45, 7) is 3.50. The summed E-state index contributed by atoms with van der Waals surface area (Å²) >= 11 is 1.99. The molecule has 0 spiro atoms. The van der Waals surface area contributed by atoms with Crippen LogP contribution in [-0.4, -0.2) is 25.4 Å². The number of rotatable bonds is 2. The van der Waals surface area contributed by atoms with Crippen LogP contribution in [0.4, 0.5) is 5.69 Å². The van der Waals surface area contributed by atoms with E-state index in [1.165, 1.54) is 54.3 Å². The van der Waals surface area contributed by atoms with Gasteiger partial charge < -0.3 is 10.6 Å². The average Bonchev–Trinajstić information content (AvgIpc) is 2.40. The zero-order valence-electron chi connectivity index (χ0n) is 10.2. The van der Waals surface area contributed by atoms with Gasteiger partial charge in [-0.25, -0.2) is 0 Å². The Morgan fingerprint density at radius 1 is 1.18 bits per heavy atom. The number of thioether (sulfide) groups is 1. The van der Waals surface area contributed by atoms with Crippen molar-refractivity contribution in [2.75, 3.05) is 30.7 Å². The van der Waals surface area contributed by atoms with Crippen LogP contribution in [0.15, 0.2) is 23.1 Å². The molecular formula is C14H20N2S. The second-order valence-corrected chi connectivity index (χ2v) is 6.14. The highest BCUT2D eigenvalue weighted by atomic mass is 32.2. The highest BCUT2D eigenvalue weighted by Gasteiger charge is 2.15. The second kappa shape index (κ2) is 5.32. The van der Waals surface area contributed by atoms with E-state index in [0.717, 1.165) is 12.5 Å². The van der Waals surface area contributed by atoms with E-state index in [9.17, 15) is 0 Å². The molecule has 1 saturated heterocycles. The lowest BCUT2D eigenvalue weighted by Gasteiger charge is -2.23. The van der Waals surface area contributed by atoms with Gasteiger partial charge in [-0.3, -0.25) is 0 Å². The Morgan fingerprint density at radius 3 is 2.94 bits per heavy atom. The fraction of sp³-hybridized carbons (Fsp3) is 0.571. The van der Waals surface area contributed by atoms with E-state index in [-0.39, 0.29) is 0 Å². The van der Waals surface area contributed by atoms with Gasteiger partial charge in [-0.15, -0.1) is 11.8 Å². The van der Waals surface area contributed by atoms with Crippen molar-refractivity contribution in [2.24, 2.45) is 5.92 Å². The van der Waals surface area contributed by atoms with Crippen molar-refractivity contribution in [1.82, 2.24) is 5.32 Å². The van der Waals surface area contributed by atoms with Crippen molar-refractivity contribution in [2.45, 2.75) is 24.2 Å². The predicted octanol–water partition coefficient (Wildman–Crippen LogP) is 2.75. The lowest BCUT2D eigenvalue weighted by Crippen LogP contribution is -2.28. The lowest BCUT2D eigenvalue weighted by molar-refractivity contribution is 0.372. The van der Waals surface area contributed by atoms with Crippen molar-refractivity contribution in [3.05, 3.63) is 23.8 Å². The van der Waals surface area contributed by atoms with E-state index in [1.54, 1.807) is 0 Å². The van der Waals surface area contributed by atoms with Gasteiger partial charge in [0.25, 0.3) is 0 Å². The van der Waals surface area contributed by atoms with E-state index < -0.39 is 0 Å². The molecule has 2 aliphatic rings. The average molecular weight is 248 g/mol. The van der Waals surface area contributed by atoms with Gasteiger partial charge in [0, 0.05) is 22.9 Å². The highest BCUT2D eigenvalue weighted by Crippen LogP contribution is 2.32. The van der Waals surface area contributed by atoms with Crippen LogP contribution in [0, 0.1) is 5.92 Å². The van der Waals surface area contributed by atoms with Gasteiger partial charge in [-0.05, 0) is 56.0 Å². The molecule has 1 fully saturated rings. The van der Waals surface area contributed by atoms with Gasteiger partial charge in [-0.1, -0.05) is 6.07 Å². The van der Waals surface area contributed by atoms with Crippen molar-refractivity contribution in [1.29, 1.82) is 0 Å². The first-order valence-electron chi connectivity index (χ1n) is 6.62. The lowest BCUT2D eigenvalue weighted by atomic mass is 9.91. The number of anilines is 1. The highest BCUT2D eigenvalue weighted by molar-refractivity contribution is 7.99. The zero-order valence-corrected chi connectivity index (χ0v) is 11.0. The first kappa shape index (κ1) is 11.4. The Labute approximate surface area is 108 Å². The fourth-order valence-electron chi connectivity index (χ4n) is 2.73. The Hall–Kier alpha value is -0.670. The molecule has 2 aliphatic heterocycles. The maximum Gasteiger partial charge on any atom is 0.0478 e. The van der Waals surface area contributed by atoms with Crippen molar-refractivity contribution in [3.8, 4) is 0 Å². The number of nitrogens with one attached hydrogen (secondary N) is 2. The molecule has 2 nitrogen and oxygen atoms in total. The summed E-state index contributed by atoms with van der Waals surface area (Å²) < 4.78 is 0. The Bertz CT molecular complexity index is 386. The minimum Gasteiger partial charge on any atom is -0.383 e. The van der Waals surface area contributed by atoms with Crippen molar-refractivity contribution < 1.29 is 0 Å². The fourth-order valence-corrected chi connectivity index (χ4v) is 3.68. The third-order valence-corrected chi connectivity index (χ3v) is 4.76. The van der Waals surface area contributed by atoms with Gasteiger partial charge in [0.1, 0.15) is 0 Å². The van der Waals surface area contributed by atoms with E-state index in [2.05, 4.69) is 28.8 Å². The summed E-state index contributed by atoms with van der Waals surface area (Å²) in [4.78, 5) is 1.45. The van der Waals surface area contributed by atoms with Crippen LogP contribution in [0.5, 0.6) is 0 Å². The number of benzene rings is 1. The normalized spacial score (nSPS) is 20.7. The van der Waals surface area contributed by atoms with Gasteiger partial charge in [-0.2, -0.15) is 0 Å². The second-order valence-electron chi connectivity index (χ2n) is 5.00. The minimum absolute atomic E-state index is 0.885. The van der Waals surface area contributed by atoms with Crippen LogP contribution >= 0.6 is 11.8 Å². The summed E-state index contributed by atoms with van der Waals surface area (Å²) in [6, 6.07) is 6.96. The SMILES string of the molecule is c1cc2c(cc1CC1CCNCC1)SCCN2. The van der Waals surface area contributed by atoms with Gasteiger partial charge in [0.2, 0.25) is 0 Å². The summed E-state index contributed by atoms with van der Waals surface area (Å²) in [5, 5.41) is 6.90. The maximum atomic E-state index is 3.46. The predicted molar refractivity (Wildman–Crippen MR) is 75.0 cm³/mol. The molecule has 0 amide bonds. The monoisotopic (exact) mass is 248 g/mol. The number of hydrogen-bond acceptors (Lipinski definition) is 3. The van der Waals surface area contributed by atoms with Crippen LogP contribution in [0.25, 0.3) is 0 Å². The van der Waals surface area contributed by atoms with Crippen LogP contribution in [0.2, 0.25) is 0 Å². The summed E-state index contributed by atoms with van der Waals surface area (Å²) in [5.41, 5.74) is 2.85. The van der Waals surface area contributed by atoms with Gasteiger partial charge in [0.15, 0.2) is 0 Å². The van der Waals surface area contributed by atoms with E-state index in [4.69, 9.17) is 0 Å². The topological polar surface area (TPSA) is 24.1 Å². The molecule has 0 radical (unpaired) electrons. The van der Waals surface area contributed by atoms with Gasteiger partial charge >= 0.3 is 0 Å². The molecule has 0 atom stereocenters. The summed E-state index contributed by atoms with van der Waals surface area (Å²) in [6.07, 6.45) is 3.93. The van der Waals surface area contributed by atoms with E-state index in [1.807, 2.05) is 11.8 Å². The molecule has 0 aliphatic carbocycles. The van der Waals surface area contributed by atoms with E-state index in [0.29, 0.717) is 0 Å². The number of piperidine rings is 1. The molecule has 92 valence electrons. The third-order valence-electron chi connectivity index (χ3n) is 3.70. The quantitative estimate of drug-likeness (QED) is 0.841. The van der Waals surface area contributed by atoms with Crippen molar-refractivity contribution >= 4 is 17.4 Å². The van der Waals surface area contributed by atoms with Gasteiger partial charge in [0.05, 0.1) is 0 Å². The van der Waals surface area contributed by atoms with Crippen molar-refractivity contribution in [3.63, 3.8) is 0 Å². The molecule has 0 bridgehead atoms. The smallest absolute Gasteiger partial charge is 0.0478 e.